The second-order valence-corrected chi connectivity index (χ2v) is 4.88. The van der Waals surface area contributed by atoms with Crippen LogP contribution < -0.4 is 10.1 Å². The molecule has 3 nitrogen and oxygen atoms in total. The Morgan fingerprint density at radius 3 is 2.61 bits per heavy atom. The molecular formula is C14H22FNO2. The highest BCUT2D eigenvalue weighted by Gasteiger charge is 2.08. The number of hydrogen-bond donors (Lipinski definition) is 2. The molecule has 1 aromatic carbocycles. The van der Waals surface area contributed by atoms with Crippen molar-refractivity contribution in [2.75, 3.05) is 20.2 Å². The fourth-order valence-electron chi connectivity index (χ4n) is 1.72. The predicted octanol–water partition coefficient (Wildman–Crippen LogP) is 1.98. The summed E-state index contributed by atoms with van der Waals surface area (Å²) in [5.41, 5.74) is 0.771. The quantitative estimate of drug-likeness (QED) is 0.783. The number of aliphatic hydroxyl groups excluding tert-OH is 1. The zero-order valence-electron chi connectivity index (χ0n) is 11.2. The van der Waals surface area contributed by atoms with Crippen LogP contribution >= 0.6 is 0 Å². The van der Waals surface area contributed by atoms with Crippen molar-refractivity contribution in [3.63, 3.8) is 0 Å². The van der Waals surface area contributed by atoms with Crippen LogP contribution in [0.4, 0.5) is 4.39 Å². The van der Waals surface area contributed by atoms with Gasteiger partial charge in [0.05, 0.1) is 13.2 Å². The molecule has 2 N–H and O–H groups in total. The van der Waals surface area contributed by atoms with Crippen molar-refractivity contribution < 1.29 is 14.2 Å². The Morgan fingerprint density at radius 2 is 2.06 bits per heavy atom. The van der Waals surface area contributed by atoms with E-state index in [0.717, 1.165) is 12.1 Å². The Kier molecular flexibility index (Phi) is 6.09. The van der Waals surface area contributed by atoms with Gasteiger partial charge in [0.15, 0.2) is 11.6 Å². The van der Waals surface area contributed by atoms with Gasteiger partial charge in [-0.2, -0.15) is 0 Å². The number of halogens is 1. The van der Waals surface area contributed by atoms with Gasteiger partial charge in [0.1, 0.15) is 0 Å². The van der Waals surface area contributed by atoms with Crippen LogP contribution in [0.5, 0.6) is 5.75 Å². The van der Waals surface area contributed by atoms with Gasteiger partial charge >= 0.3 is 0 Å². The maximum atomic E-state index is 13.4. The molecule has 0 aliphatic carbocycles. The lowest BCUT2D eigenvalue weighted by Crippen LogP contribution is -2.30. The largest absolute Gasteiger partial charge is 0.494 e. The molecule has 0 saturated heterocycles. The first-order valence-corrected chi connectivity index (χ1v) is 6.24. The number of rotatable bonds is 7. The summed E-state index contributed by atoms with van der Waals surface area (Å²) in [4.78, 5) is 0. The molecule has 1 unspecified atom stereocenters. The van der Waals surface area contributed by atoms with Crippen LogP contribution in [-0.2, 0) is 6.42 Å². The lowest BCUT2D eigenvalue weighted by Gasteiger charge is -2.13. The summed E-state index contributed by atoms with van der Waals surface area (Å²) < 4.78 is 18.3. The summed E-state index contributed by atoms with van der Waals surface area (Å²) in [6.07, 6.45) is -0.0667. The molecular weight excluding hydrogens is 233 g/mol. The minimum Gasteiger partial charge on any atom is -0.494 e. The lowest BCUT2D eigenvalue weighted by molar-refractivity contribution is 0.170. The van der Waals surface area contributed by atoms with Gasteiger partial charge in [-0.25, -0.2) is 4.39 Å². The maximum absolute atomic E-state index is 13.4. The summed E-state index contributed by atoms with van der Waals surface area (Å²) in [5, 5.41) is 13.0. The molecule has 0 spiro atoms. The van der Waals surface area contributed by atoms with E-state index < -0.39 is 11.9 Å². The van der Waals surface area contributed by atoms with E-state index in [2.05, 4.69) is 19.2 Å². The van der Waals surface area contributed by atoms with E-state index in [1.54, 1.807) is 12.1 Å². The molecule has 102 valence electrons. The van der Waals surface area contributed by atoms with Crippen LogP contribution in [-0.4, -0.2) is 31.4 Å². The summed E-state index contributed by atoms with van der Waals surface area (Å²) in [6, 6.07) is 4.76. The Labute approximate surface area is 108 Å². The van der Waals surface area contributed by atoms with E-state index in [4.69, 9.17) is 4.74 Å². The SMILES string of the molecule is COc1ccc(CC(O)CNCC(C)C)cc1F. The van der Waals surface area contributed by atoms with Crippen LogP contribution in [0.15, 0.2) is 18.2 Å². The zero-order valence-corrected chi connectivity index (χ0v) is 11.2. The molecule has 0 aliphatic heterocycles. The molecule has 0 heterocycles. The lowest BCUT2D eigenvalue weighted by atomic mass is 10.1. The number of benzene rings is 1. The highest BCUT2D eigenvalue weighted by Crippen LogP contribution is 2.18. The molecule has 0 bridgehead atoms. The first-order chi connectivity index (χ1) is 8.52. The van der Waals surface area contributed by atoms with E-state index in [1.807, 2.05) is 0 Å². The van der Waals surface area contributed by atoms with Crippen molar-refractivity contribution in [2.45, 2.75) is 26.4 Å². The Balaban J connectivity index is 2.44. The third-order valence-electron chi connectivity index (χ3n) is 2.62. The molecule has 0 fully saturated rings. The van der Waals surface area contributed by atoms with Crippen molar-refractivity contribution in [1.29, 1.82) is 0 Å². The number of nitrogens with one attached hydrogen (secondary N) is 1. The smallest absolute Gasteiger partial charge is 0.165 e. The van der Waals surface area contributed by atoms with Gasteiger partial charge in [-0.15, -0.1) is 0 Å². The van der Waals surface area contributed by atoms with Crippen LogP contribution in [0.2, 0.25) is 0 Å². The minimum atomic E-state index is -0.503. The molecule has 0 aromatic heterocycles. The van der Waals surface area contributed by atoms with Gasteiger partial charge in [-0.05, 0) is 36.6 Å². The van der Waals surface area contributed by atoms with Crippen LogP contribution in [0.1, 0.15) is 19.4 Å². The molecule has 18 heavy (non-hydrogen) atoms. The molecule has 0 aliphatic rings. The summed E-state index contributed by atoms with van der Waals surface area (Å²) in [6.45, 7) is 5.61. The predicted molar refractivity (Wildman–Crippen MR) is 70.4 cm³/mol. The molecule has 0 radical (unpaired) electrons. The number of methoxy groups -OCH3 is 1. The van der Waals surface area contributed by atoms with Crippen molar-refractivity contribution in [3.05, 3.63) is 29.6 Å². The van der Waals surface area contributed by atoms with E-state index in [1.165, 1.54) is 13.2 Å². The van der Waals surface area contributed by atoms with E-state index in [9.17, 15) is 9.50 Å². The first kappa shape index (κ1) is 14.9. The standard InChI is InChI=1S/C14H22FNO2/c1-10(2)8-16-9-12(17)6-11-4-5-14(18-3)13(15)7-11/h4-5,7,10,12,16-17H,6,8-9H2,1-3H3. The average molecular weight is 255 g/mol. The number of aliphatic hydroxyl groups is 1. The highest BCUT2D eigenvalue weighted by molar-refractivity contribution is 5.29. The van der Waals surface area contributed by atoms with Gasteiger partial charge in [-0.1, -0.05) is 19.9 Å². The van der Waals surface area contributed by atoms with Crippen molar-refractivity contribution in [2.24, 2.45) is 5.92 Å². The number of ether oxygens (including phenoxy) is 1. The fourth-order valence-corrected chi connectivity index (χ4v) is 1.72. The zero-order chi connectivity index (χ0) is 13.5. The molecule has 0 saturated carbocycles. The number of hydrogen-bond acceptors (Lipinski definition) is 3. The monoisotopic (exact) mass is 255 g/mol. The Morgan fingerprint density at radius 1 is 1.33 bits per heavy atom. The Bertz CT molecular complexity index is 369. The van der Waals surface area contributed by atoms with E-state index in [0.29, 0.717) is 18.9 Å². The first-order valence-electron chi connectivity index (χ1n) is 6.24. The van der Waals surface area contributed by atoms with Crippen LogP contribution in [0.25, 0.3) is 0 Å². The third-order valence-corrected chi connectivity index (χ3v) is 2.62. The minimum absolute atomic E-state index is 0.228. The second-order valence-electron chi connectivity index (χ2n) is 4.88. The molecule has 0 amide bonds. The topological polar surface area (TPSA) is 41.5 Å². The van der Waals surface area contributed by atoms with Crippen molar-refractivity contribution in [1.82, 2.24) is 5.32 Å². The van der Waals surface area contributed by atoms with Crippen LogP contribution in [0, 0.1) is 11.7 Å². The highest BCUT2D eigenvalue weighted by atomic mass is 19.1. The van der Waals surface area contributed by atoms with Gasteiger partial charge in [0, 0.05) is 6.54 Å². The summed E-state index contributed by atoms with van der Waals surface area (Å²) in [7, 11) is 1.43. The average Bonchev–Trinajstić information content (AvgIpc) is 2.28. The van der Waals surface area contributed by atoms with Crippen molar-refractivity contribution in [3.8, 4) is 5.75 Å². The summed E-state index contributed by atoms with van der Waals surface area (Å²) in [5.74, 6) is 0.388. The molecule has 1 atom stereocenters. The normalized spacial score (nSPS) is 12.8. The van der Waals surface area contributed by atoms with E-state index in [-0.39, 0.29) is 5.75 Å². The molecule has 4 heteroatoms. The van der Waals surface area contributed by atoms with Gasteiger partial charge in [0.25, 0.3) is 0 Å². The molecule has 1 aromatic rings. The molecule has 1 rings (SSSR count). The summed E-state index contributed by atoms with van der Waals surface area (Å²) >= 11 is 0. The second kappa shape index (κ2) is 7.34. The van der Waals surface area contributed by atoms with Crippen LogP contribution in [0.3, 0.4) is 0 Å². The van der Waals surface area contributed by atoms with Gasteiger partial charge in [0.2, 0.25) is 0 Å². The van der Waals surface area contributed by atoms with E-state index >= 15 is 0 Å². The third kappa shape index (κ3) is 5.02. The van der Waals surface area contributed by atoms with Gasteiger partial charge < -0.3 is 15.2 Å². The van der Waals surface area contributed by atoms with Gasteiger partial charge in [-0.3, -0.25) is 0 Å². The fraction of sp³-hybridized carbons (Fsp3) is 0.571. The maximum Gasteiger partial charge on any atom is 0.165 e. The van der Waals surface area contributed by atoms with Crippen molar-refractivity contribution >= 4 is 0 Å². The Hall–Kier alpha value is -1.13.